The molecule has 2 fully saturated rings. The third kappa shape index (κ3) is 7.20. The highest BCUT2D eigenvalue weighted by molar-refractivity contribution is 6.33. The summed E-state index contributed by atoms with van der Waals surface area (Å²) in [5.74, 6) is 0.834. The molecule has 2 bridgehead atoms. The number of fused-ring (bicyclic) bond motifs is 2. The van der Waals surface area contributed by atoms with E-state index in [0.717, 1.165) is 37.4 Å². The minimum Gasteiger partial charge on any atom is -0.395 e. The van der Waals surface area contributed by atoms with Crippen LogP contribution in [0.5, 0.6) is 0 Å². The topological polar surface area (TPSA) is 52.6 Å². The molecule has 0 saturated heterocycles. The summed E-state index contributed by atoms with van der Waals surface area (Å²) < 4.78 is 0. The molecular formula is C26H43ClN2O2. The van der Waals surface area contributed by atoms with Gasteiger partial charge < -0.3 is 10.4 Å². The molecule has 2 saturated carbocycles. The Labute approximate surface area is 194 Å². The summed E-state index contributed by atoms with van der Waals surface area (Å²) >= 11 is 6.39. The molecule has 1 amide bonds. The summed E-state index contributed by atoms with van der Waals surface area (Å²) in [7, 11) is 0. The average molecular weight is 451 g/mol. The smallest absolute Gasteiger partial charge is 0.252 e. The van der Waals surface area contributed by atoms with Crippen molar-refractivity contribution in [2.75, 3.05) is 26.2 Å². The van der Waals surface area contributed by atoms with Crippen LogP contribution in [0.3, 0.4) is 0 Å². The monoisotopic (exact) mass is 450 g/mol. The van der Waals surface area contributed by atoms with E-state index in [0.29, 0.717) is 28.6 Å². The first-order valence-electron chi connectivity index (χ1n) is 11.8. The maximum absolute atomic E-state index is 12.9. The number of benzene rings is 1. The van der Waals surface area contributed by atoms with Gasteiger partial charge >= 0.3 is 0 Å². The fraction of sp³-hybridized carbons (Fsp3) is 0.731. The third-order valence-electron chi connectivity index (χ3n) is 7.29. The first kappa shape index (κ1) is 26.2. The van der Waals surface area contributed by atoms with Gasteiger partial charge in [-0.15, -0.1) is 0 Å². The second-order valence-corrected chi connectivity index (χ2v) is 10.2. The zero-order valence-electron chi connectivity index (χ0n) is 18.8. The number of aliphatic hydroxyl groups is 1. The second-order valence-electron chi connectivity index (χ2n) is 9.81. The number of aliphatic hydroxyl groups excluding tert-OH is 1. The molecule has 0 unspecified atom stereocenters. The molecule has 0 atom stereocenters. The first-order chi connectivity index (χ1) is 14.4. The molecule has 1 aromatic rings. The maximum atomic E-state index is 12.9. The number of hydrogen-bond acceptors (Lipinski definition) is 3. The van der Waals surface area contributed by atoms with E-state index >= 15 is 0 Å². The minimum atomic E-state index is -0.0343. The van der Waals surface area contributed by atoms with Crippen molar-refractivity contribution in [2.45, 2.75) is 85.1 Å². The molecule has 4 nitrogen and oxygen atoms in total. The lowest BCUT2D eigenvalue weighted by atomic mass is 9.62. The Bertz CT molecular complexity index is 697. The van der Waals surface area contributed by atoms with Gasteiger partial charge in [0.15, 0.2) is 0 Å². The van der Waals surface area contributed by atoms with Crippen LogP contribution >= 0.6 is 11.6 Å². The molecule has 0 spiro atoms. The van der Waals surface area contributed by atoms with Crippen LogP contribution in [0.1, 0.15) is 88.6 Å². The molecular weight excluding hydrogens is 408 g/mol. The third-order valence-corrected chi connectivity index (χ3v) is 7.62. The Kier molecular flexibility index (Phi) is 10.3. The predicted molar refractivity (Wildman–Crippen MR) is 131 cm³/mol. The first-order valence-corrected chi connectivity index (χ1v) is 12.2. The molecule has 31 heavy (non-hydrogen) atoms. The van der Waals surface area contributed by atoms with Crippen LogP contribution in [0.15, 0.2) is 18.2 Å². The van der Waals surface area contributed by atoms with E-state index in [9.17, 15) is 9.90 Å². The lowest BCUT2D eigenvalue weighted by molar-refractivity contribution is 0.0681. The van der Waals surface area contributed by atoms with Gasteiger partial charge in [0.2, 0.25) is 0 Å². The Balaban J connectivity index is 0.00000341. The van der Waals surface area contributed by atoms with Crippen LogP contribution in [0, 0.1) is 11.3 Å². The van der Waals surface area contributed by atoms with Crippen molar-refractivity contribution in [1.29, 1.82) is 0 Å². The number of nitrogens with one attached hydrogen (secondary N) is 1. The summed E-state index contributed by atoms with van der Waals surface area (Å²) in [6.45, 7) is 6.92. The highest BCUT2D eigenvalue weighted by Gasteiger charge is 2.39. The molecule has 0 aliphatic heterocycles. The van der Waals surface area contributed by atoms with Crippen molar-refractivity contribution in [3.8, 4) is 0 Å². The van der Waals surface area contributed by atoms with Crippen molar-refractivity contribution >= 4 is 17.5 Å². The quantitative estimate of drug-likeness (QED) is 0.480. The number of rotatable bonds is 10. The number of carbonyl (C=O) groups is 1. The van der Waals surface area contributed by atoms with Gasteiger partial charge in [-0.2, -0.15) is 0 Å². The summed E-state index contributed by atoms with van der Waals surface area (Å²) in [4.78, 5) is 15.2. The molecule has 2 aliphatic carbocycles. The van der Waals surface area contributed by atoms with Crippen molar-refractivity contribution < 1.29 is 9.90 Å². The molecule has 5 heteroatoms. The van der Waals surface area contributed by atoms with Crippen molar-refractivity contribution in [1.82, 2.24) is 10.2 Å². The standard InChI is InChI=1S/C25H39ClN2O2.CH4/c1-19(2)28(14-15-29)13-5-8-20-9-10-23(26)22(16-20)24(30)27-18-25-11-3-6-21(17-25)7-4-12-25;/h9-10,16,19,21,29H,3-8,11-15,17-18H2,1-2H3,(H,27,30);1H4. The molecule has 1 aromatic carbocycles. The highest BCUT2D eigenvalue weighted by Crippen LogP contribution is 2.48. The molecule has 0 aromatic heterocycles. The van der Waals surface area contributed by atoms with E-state index in [4.69, 9.17) is 11.6 Å². The van der Waals surface area contributed by atoms with Gasteiger partial charge in [0.25, 0.3) is 5.91 Å². The number of nitrogens with zero attached hydrogens (tertiary/aromatic N) is 1. The van der Waals surface area contributed by atoms with Crippen LogP contribution in [-0.2, 0) is 6.42 Å². The fourth-order valence-electron chi connectivity index (χ4n) is 5.58. The van der Waals surface area contributed by atoms with Gasteiger partial charge in [0.05, 0.1) is 17.2 Å². The van der Waals surface area contributed by atoms with E-state index in [2.05, 4.69) is 24.1 Å². The van der Waals surface area contributed by atoms with E-state index in [1.807, 2.05) is 18.2 Å². The van der Waals surface area contributed by atoms with E-state index in [1.165, 1.54) is 44.9 Å². The molecule has 2 N–H and O–H groups in total. The molecule has 0 heterocycles. The fourth-order valence-corrected chi connectivity index (χ4v) is 5.78. The van der Waals surface area contributed by atoms with Crippen LogP contribution in [-0.4, -0.2) is 48.2 Å². The number of aryl methyl sites for hydroxylation is 1. The lowest BCUT2D eigenvalue weighted by Gasteiger charge is -2.45. The number of carbonyl (C=O) groups excluding carboxylic acids is 1. The van der Waals surface area contributed by atoms with Crippen LogP contribution in [0.25, 0.3) is 0 Å². The molecule has 176 valence electrons. The normalized spacial score (nSPS) is 23.0. The maximum Gasteiger partial charge on any atom is 0.252 e. The van der Waals surface area contributed by atoms with E-state index in [1.54, 1.807) is 0 Å². The average Bonchev–Trinajstić information content (AvgIpc) is 2.72. The highest BCUT2D eigenvalue weighted by atomic mass is 35.5. The summed E-state index contributed by atoms with van der Waals surface area (Å²) in [5, 5.41) is 13.0. The van der Waals surface area contributed by atoms with Gasteiger partial charge in [-0.05, 0) is 81.5 Å². The Morgan fingerprint density at radius 2 is 1.97 bits per heavy atom. The second kappa shape index (κ2) is 12.2. The number of halogens is 1. The lowest BCUT2D eigenvalue weighted by Crippen LogP contribution is -2.43. The Morgan fingerprint density at radius 3 is 2.61 bits per heavy atom. The summed E-state index contributed by atoms with van der Waals surface area (Å²) in [6.07, 6.45) is 11.0. The van der Waals surface area contributed by atoms with Crippen LogP contribution in [0.2, 0.25) is 5.02 Å². The van der Waals surface area contributed by atoms with Crippen molar-refractivity contribution in [2.24, 2.45) is 11.3 Å². The Hall–Kier alpha value is -1.10. The largest absolute Gasteiger partial charge is 0.395 e. The summed E-state index contributed by atoms with van der Waals surface area (Å²) in [6, 6.07) is 6.26. The van der Waals surface area contributed by atoms with Gasteiger partial charge in [-0.1, -0.05) is 50.8 Å². The van der Waals surface area contributed by atoms with Gasteiger partial charge in [-0.3, -0.25) is 9.69 Å². The molecule has 2 aliphatic rings. The molecule has 0 radical (unpaired) electrons. The number of amides is 1. The van der Waals surface area contributed by atoms with Gasteiger partial charge in [0, 0.05) is 19.1 Å². The zero-order chi connectivity index (χ0) is 21.6. The van der Waals surface area contributed by atoms with Crippen LogP contribution < -0.4 is 5.32 Å². The minimum absolute atomic E-state index is 0. The SMILES string of the molecule is C.CC(C)N(CCO)CCCc1ccc(Cl)c(C(=O)NCC23CCCC(CCC2)C3)c1. The Morgan fingerprint density at radius 1 is 1.26 bits per heavy atom. The van der Waals surface area contributed by atoms with Crippen molar-refractivity contribution in [3.63, 3.8) is 0 Å². The predicted octanol–water partition coefficient (Wildman–Crippen LogP) is 5.70. The van der Waals surface area contributed by atoms with Crippen LogP contribution in [0.4, 0.5) is 0 Å². The van der Waals surface area contributed by atoms with E-state index in [-0.39, 0.29) is 19.9 Å². The summed E-state index contributed by atoms with van der Waals surface area (Å²) in [5.41, 5.74) is 2.06. The number of hydrogen-bond donors (Lipinski definition) is 2. The van der Waals surface area contributed by atoms with Gasteiger partial charge in [-0.25, -0.2) is 0 Å². The van der Waals surface area contributed by atoms with Crippen molar-refractivity contribution in [3.05, 3.63) is 34.3 Å². The zero-order valence-corrected chi connectivity index (χ0v) is 19.5. The van der Waals surface area contributed by atoms with Gasteiger partial charge in [0.1, 0.15) is 0 Å². The molecule has 3 rings (SSSR count). The van der Waals surface area contributed by atoms with E-state index < -0.39 is 0 Å².